The van der Waals surface area contributed by atoms with Gasteiger partial charge in [0.1, 0.15) is 0 Å². The highest BCUT2D eigenvalue weighted by molar-refractivity contribution is 14.1. The zero-order valence-electron chi connectivity index (χ0n) is 2.28. The molecule has 1 N–H and O–H groups in total. The molecule has 0 spiro atoms. The molecule has 0 saturated carbocycles. The SMILES string of the molecule is O/C(F)=C/I. The first-order chi connectivity index (χ1) is 2.27. The van der Waals surface area contributed by atoms with Crippen LogP contribution in [-0.2, 0) is 0 Å². The monoisotopic (exact) mass is 188 g/mol. The fraction of sp³-hybridized carbons (Fsp3) is 0. The molecule has 0 amide bonds. The van der Waals surface area contributed by atoms with Crippen LogP contribution in [0.2, 0.25) is 0 Å². The second-order valence-electron chi connectivity index (χ2n) is 0.432. The van der Waals surface area contributed by atoms with Gasteiger partial charge in [-0.2, -0.15) is 4.39 Å². The highest BCUT2D eigenvalue weighted by Crippen LogP contribution is 1.92. The molecule has 5 heavy (non-hydrogen) atoms. The summed E-state index contributed by atoms with van der Waals surface area (Å²) in [5.41, 5.74) is 0. The van der Waals surface area contributed by atoms with Gasteiger partial charge in [-0.1, -0.05) is 0 Å². The van der Waals surface area contributed by atoms with Gasteiger partial charge in [-0.25, -0.2) is 0 Å². The standard InChI is InChI=1S/C2H2FIO/c3-2(5)1-4/h1,5H/b2-1+. The van der Waals surface area contributed by atoms with Crippen LogP contribution in [0, 0.1) is 0 Å². The number of hydrogen-bond donors (Lipinski definition) is 1. The van der Waals surface area contributed by atoms with E-state index in [1.165, 1.54) is 0 Å². The van der Waals surface area contributed by atoms with Crippen molar-refractivity contribution in [1.82, 2.24) is 0 Å². The molecule has 0 aromatic rings. The highest BCUT2D eigenvalue weighted by Gasteiger charge is 1.72. The normalized spacial score (nSPS) is 12.0. The maximum absolute atomic E-state index is 10.8. The van der Waals surface area contributed by atoms with E-state index in [1.807, 2.05) is 0 Å². The molecule has 0 aromatic heterocycles. The Kier molecular flexibility index (Phi) is 2.54. The van der Waals surface area contributed by atoms with Gasteiger partial charge in [-0.15, -0.1) is 0 Å². The summed E-state index contributed by atoms with van der Waals surface area (Å²) in [7, 11) is 0. The van der Waals surface area contributed by atoms with Crippen LogP contribution in [-0.4, -0.2) is 5.11 Å². The average Bonchev–Trinajstić information content (AvgIpc) is 1.38. The summed E-state index contributed by atoms with van der Waals surface area (Å²) in [4.78, 5) is 0. The van der Waals surface area contributed by atoms with Crippen LogP contribution in [0.4, 0.5) is 4.39 Å². The molecule has 0 unspecified atom stereocenters. The quantitative estimate of drug-likeness (QED) is 0.453. The third-order valence-corrected chi connectivity index (χ3v) is 0.604. The molecule has 3 heteroatoms. The molecule has 0 fully saturated rings. The van der Waals surface area contributed by atoms with Crippen molar-refractivity contribution in [3.8, 4) is 0 Å². The van der Waals surface area contributed by atoms with E-state index in [-0.39, 0.29) is 0 Å². The molecule has 0 atom stereocenters. The van der Waals surface area contributed by atoms with Crippen LogP contribution in [0.15, 0.2) is 10.1 Å². The number of hydrogen-bond acceptors (Lipinski definition) is 1. The van der Waals surface area contributed by atoms with Crippen molar-refractivity contribution in [3.05, 3.63) is 10.1 Å². The molecule has 0 aliphatic heterocycles. The van der Waals surface area contributed by atoms with E-state index in [0.717, 1.165) is 4.08 Å². The van der Waals surface area contributed by atoms with Crippen molar-refractivity contribution >= 4 is 22.6 Å². The van der Waals surface area contributed by atoms with Crippen molar-refractivity contribution in [1.29, 1.82) is 0 Å². The number of halogens is 2. The smallest absolute Gasteiger partial charge is 0.276 e. The van der Waals surface area contributed by atoms with E-state index in [0.29, 0.717) is 0 Å². The number of aliphatic hydroxyl groups excluding tert-OH is 1. The van der Waals surface area contributed by atoms with Crippen molar-refractivity contribution in [2.45, 2.75) is 0 Å². The lowest BCUT2D eigenvalue weighted by Gasteiger charge is -1.67. The molecule has 0 heterocycles. The molecule has 1 nitrogen and oxygen atoms in total. The summed E-state index contributed by atoms with van der Waals surface area (Å²) in [6, 6.07) is -1.13. The molecule has 0 aliphatic carbocycles. The molecule has 0 aliphatic rings. The second-order valence-corrected chi connectivity index (χ2v) is 1.05. The lowest BCUT2D eigenvalue weighted by atomic mass is 11.1. The van der Waals surface area contributed by atoms with E-state index < -0.39 is 6.01 Å². The lowest BCUT2D eigenvalue weighted by molar-refractivity contribution is 0.286. The van der Waals surface area contributed by atoms with Crippen LogP contribution in [0.3, 0.4) is 0 Å². The molecule has 0 bridgehead atoms. The van der Waals surface area contributed by atoms with Gasteiger partial charge >= 0.3 is 0 Å². The molecule has 30 valence electrons. The van der Waals surface area contributed by atoms with E-state index in [1.54, 1.807) is 22.6 Å². The Bertz CT molecular complexity index is 47.6. The fourth-order valence-electron chi connectivity index (χ4n) is 0. The van der Waals surface area contributed by atoms with Crippen molar-refractivity contribution in [2.24, 2.45) is 0 Å². The van der Waals surface area contributed by atoms with Gasteiger partial charge in [-0.3, -0.25) is 0 Å². The maximum atomic E-state index is 10.8. The van der Waals surface area contributed by atoms with Crippen LogP contribution in [0.1, 0.15) is 0 Å². The first-order valence-corrected chi connectivity index (χ1v) is 2.17. The molecular weight excluding hydrogens is 186 g/mol. The summed E-state index contributed by atoms with van der Waals surface area (Å²) in [5, 5.41) is 7.55. The Morgan fingerprint density at radius 1 is 2.00 bits per heavy atom. The fourth-order valence-corrected chi connectivity index (χ4v) is 0. The molecule has 0 saturated heterocycles. The predicted molar refractivity (Wildman–Crippen MR) is 25.8 cm³/mol. The summed E-state index contributed by atoms with van der Waals surface area (Å²) >= 11 is 1.59. The summed E-state index contributed by atoms with van der Waals surface area (Å²) in [6.45, 7) is 0. The Hall–Kier alpha value is 0.200. The Balaban J connectivity index is 3.14. The van der Waals surface area contributed by atoms with Gasteiger partial charge in [0.2, 0.25) is 0 Å². The second kappa shape index (κ2) is 2.44. The largest absolute Gasteiger partial charge is 0.486 e. The van der Waals surface area contributed by atoms with Gasteiger partial charge < -0.3 is 5.11 Å². The van der Waals surface area contributed by atoms with E-state index in [9.17, 15) is 4.39 Å². The van der Waals surface area contributed by atoms with Crippen molar-refractivity contribution in [2.75, 3.05) is 0 Å². The topological polar surface area (TPSA) is 20.2 Å². The minimum absolute atomic E-state index is 0.942. The van der Waals surface area contributed by atoms with Gasteiger partial charge in [0.15, 0.2) is 0 Å². The number of rotatable bonds is 0. The third-order valence-electron chi connectivity index (χ3n) is 0.0900. The van der Waals surface area contributed by atoms with Gasteiger partial charge in [0.05, 0.1) is 0 Å². The van der Waals surface area contributed by atoms with Crippen LogP contribution in [0.25, 0.3) is 0 Å². The predicted octanol–water partition coefficient (Wildman–Crippen LogP) is 1.75. The lowest BCUT2D eigenvalue weighted by Crippen LogP contribution is -1.54. The minimum Gasteiger partial charge on any atom is -0.486 e. The van der Waals surface area contributed by atoms with Crippen molar-refractivity contribution in [3.63, 3.8) is 0 Å². The van der Waals surface area contributed by atoms with Gasteiger partial charge in [-0.05, 0) is 22.6 Å². The Labute approximate surface area is 42.6 Å². The van der Waals surface area contributed by atoms with Crippen LogP contribution in [0.5, 0.6) is 0 Å². The van der Waals surface area contributed by atoms with Crippen LogP contribution >= 0.6 is 22.6 Å². The Morgan fingerprint density at radius 3 is 2.20 bits per heavy atom. The third kappa shape index (κ3) is 4.20. The number of aliphatic hydroxyl groups is 1. The molecule has 0 rings (SSSR count). The zero-order valence-corrected chi connectivity index (χ0v) is 4.44. The first-order valence-electron chi connectivity index (χ1n) is 0.919. The summed E-state index contributed by atoms with van der Waals surface area (Å²) in [5.74, 6) is 0. The molecular formula is C2H2FIO. The van der Waals surface area contributed by atoms with Crippen molar-refractivity contribution < 1.29 is 9.50 Å². The van der Waals surface area contributed by atoms with E-state index in [4.69, 9.17) is 5.11 Å². The minimum atomic E-state index is -1.13. The first kappa shape index (κ1) is 5.20. The average molecular weight is 188 g/mol. The summed E-state index contributed by atoms with van der Waals surface area (Å²) < 4.78 is 11.8. The van der Waals surface area contributed by atoms with Gasteiger partial charge in [0.25, 0.3) is 6.01 Å². The highest BCUT2D eigenvalue weighted by atomic mass is 127. The molecule has 0 aromatic carbocycles. The maximum Gasteiger partial charge on any atom is 0.276 e. The van der Waals surface area contributed by atoms with Gasteiger partial charge in [0, 0.05) is 4.08 Å². The van der Waals surface area contributed by atoms with E-state index >= 15 is 0 Å². The molecule has 0 radical (unpaired) electrons. The summed E-state index contributed by atoms with van der Waals surface area (Å²) in [6.07, 6.45) is 0. The van der Waals surface area contributed by atoms with E-state index in [2.05, 4.69) is 0 Å². The zero-order chi connectivity index (χ0) is 4.28. The Morgan fingerprint density at radius 2 is 2.20 bits per heavy atom. The van der Waals surface area contributed by atoms with Crippen LogP contribution < -0.4 is 0 Å².